The van der Waals surface area contributed by atoms with Crippen molar-refractivity contribution in [3.05, 3.63) is 101 Å². The van der Waals surface area contributed by atoms with Gasteiger partial charge in [-0.25, -0.2) is 4.98 Å². The number of rotatable bonds is 21. The molecule has 0 amide bonds. The van der Waals surface area contributed by atoms with Crippen LogP contribution in [0.15, 0.2) is 78.2 Å². The van der Waals surface area contributed by atoms with Crippen molar-refractivity contribution in [3.8, 4) is 17.2 Å². The highest BCUT2D eigenvalue weighted by molar-refractivity contribution is 7.13. The number of benzene rings is 3. The third kappa shape index (κ3) is 11.4. The van der Waals surface area contributed by atoms with E-state index in [1.165, 1.54) is 0 Å². The molecule has 4 rings (SSSR count). The predicted molar refractivity (Wildman–Crippen MR) is 172 cm³/mol. The van der Waals surface area contributed by atoms with Crippen LogP contribution in [-0.2, 0) is 45.3 Å². The number of thiazole rings is 1. The van der Waals surface area contributed by atoms with E-state index in [2.05, 4.69) is 29.2 Å². The van der Waals surface area contributed by atoms with E-state index in [4.69, 9.17) is 38.1 Å². The van der Waals surface area contributed by atoms with Crippen LogP contribution in [0.4, 0.5) is 5.13 Å². The van der Waals surface area contributed by atoms with Gasteiger partial charge in [0, 0.05) is 25.6 Å². The SMILES string of the molecule is COCCOc1cccc(CN(Cc2cccc(OC)c2)c2nc(COCCOCCOCc3cccc(OC)c3)cs2)c1. The fourth-order valence-electron chi connectivity index (χ4n) is 4.35. The first-order valence-corrected chi connectivity index (χ1v) is 15.4. The second-order valence-corrected chi connectivity index (χ2v) is 10.7. The van der Waals surface area contributed by atoms with Crippen molar-refractivity contribution < 1.29 is 33.2 Å². The summed E-state index contributed by atoms with van der Waals surface area (Å²) in [7, 11) is 5.01. The van der Waals surface area contributed by atoms with Crippen molar-refractivity contribution in [2.75, 3.05) is 65.9 Å². The molecule has 236 valence electrons. The molecule has 0 radical (unpaired) electrons. The largest absolute Gasteiger partial charge is 0.497 e. The normalized spacial score (nSPS) is 11.0. The van der Waals surface area contributed by atoms with Crippen LogP contribution in [0.2, 0.25) is 0 Å². The number of anilines is 1. The quantitative estimate of drug-likeness (QED) is 0.102. The van der Waals surface area contributed by atoms with Gasteiger partial charge in [-0.3, -0.25) is 0 Å². The fourth-order valence-corrected chi connectivity index (χ4v) is 5.16. The molecule has 0 aliphatic carbocycles. The van der Waals surface area contributed by atoms with E-state index in [0.717, 1.165) is 44.8 Å². The van der Waals surface area contributed by atoms with Gasteiger partial charge in [-0.05, 0) is 53.1 Å². The highest BCUT2D eigenvalue weighted by Crippen LogP contribution is 2.27. The van der Waals surface area contributed by atoms with Gasteiger partial charge in [-0.2, -0.15) is 0 Å². The molecule has 3 aromatic carbocycles. The van der Waals surface area contributed by atoms with Crippen LogP contribution in [0.25, 0.3) is 0 Å². The second-order valence-electron chi connectivity index (χ2n) is 9.89. The van der Waals surface area contributed by atoms with Gasteiger partial charge in [0.05, 0.1) is 66.2 Å². The molecule has 0 fully saturated rings. The summed E-state index contributed by atoms with van der Waals surface area (Å²) in [5, 5.41) is 2.97. The molecule has 0 aliphatic heterocycles. The highest BCUT2D eigenvalue weighted by atomic mass is 32.1. The number of hydrogen-bond donors (Lipinski definition) is 0. The lowest BCUT2D eigenvalue weighted by atomic mass is 10.1. The Kier molecular flexibility index (Phi) is 14.3. The molecule has 0 aliphatic rings. The van der Waals surface area contributed by atoms with Gasteiger partial charge in [0.2, 0.25) is 0 Å². The van der Waals surface area contributed by atoms with Crippen molar-refractivity contribution in [2.45, 2.75) is 26.3 Å². The third-order valence-electron chi connectivity index (χ3n) is 6.54. The van der Waals surface area contributed by atoms with E-state index < -0.39 is 0 Å². The lowest BCUT2D eigenvalue weighted by Crippen LogP contribution is -2.22. The maximum Gasteiger partial charge on any atom is 0.186 e. The molecule has 0 saturated heterocycles. The molecule has 0 spiro atoms. The lowest BCUT2D eigenvalue weighted by Gasteiger charge is -2.23. The Morgan fingerprint density at radius 1 is 0.614 bits per heavy atom. The predicted octanol–water partition coefficient (Wildman–Crippen LogP) is 6.14. The molecule has 0 bridgehead atoms. The Morgan fingerprint density at radius 3 is 1.84 bits per heavy atom. The third-order valence-corrected chi connectivity index (χ3v) is 7.49. The smallest absolute Gasteiger partial charge is 0.186 e. The molecule has 10 heteroatoms. The summed E-state index contributed by atoms with van der Waals surface area (Å²) < 4.78 is 38.8. The van der Waals surface area contributed by atoms with Crippen molar-refractivity contribution in [1.82, 2.24) is 4.98 Å². The van der Waals surface area contributed by atoms with Crippen LogP contribution < -0.4 is 19.1 Å². The Balaban J connectivity index is 1.25. The Hall–Kier alpha value is -3.67. The minimum Gasteiger partial charge on any atom is -0.497 e. The van der Waals surface area contributed by atoms with Crippen molar-refractivity contribution in [3.63, 3.8) is 0 Å². The summed E-state index contributed by atoms with van der Waals surface area (Å²) in [6, 6.07) is 24.1. The number of nitrogens with zero attached hydrogens (tertiary/aromatic N) is 2. The highest BCUT2D eigenvalue weighted by Gasteiger charge is 2.14. The van der Waals surface area contributed by atoms with Gasteiger partial charge >= 0.3 is 0 Å². The number of ether oxygens (including phenoxy) is 7. The maximum absolute atomic E-state index is 5.85. The minimum atomic E-state index is 0.419. The van der Waals surface area contributed by atoms with Gasteiger partial charge in [0.1, 0.15) is 23.9 Å². The molecule has 44 heavy (non-hydrogen) atoms. The summed E-state index contributed by atoms with van der Waals surface area (Å²) >= 11 is 1.61. The molecular weight excluding hydrogens is 580 g/mol. The van der Waals surface area contributed by atoms with E-state index in [9.17, 15) is 0 Å². The van der Waals surface area contributed by atoms with E-state index in [1.54, 1.807) is 32.7 Å². The second kappa shape index (κ2) is 18.9. The zero-order valence-electron chi connectivity index (χ0n) is 25.7. The van der Waals surface area contributed by atoms with Gasteiger partial charge in [0.25, 0.3) is 0 Å². The zero-order chi connectivity index (χ0) is 30.8. The van der Waals surface area contributed by atoms with E-state index in [0.29, 0.717) is 65.9 Å². The standard InChI is InChI=1S/C34H42N2O7S/c1-37-13-18-43-33-12-5-8-28(20-33)23-36(22-27-7-4-10-31(19-27)38-2)34-35-30(26-44-34)25-42-17-15-40-14-16-41-24-29-9-6-11-32(21-29)39-3/h4-12,19-21,26H,13-18,22-25H2,1-3H3. The maximum atomic E-state index is 5.85. The summed E-state index contributed by atoms with van der Waals surface area (Å²) in [4.78, 5) is 7.15. The first-order chi connectivity index (χ1) is 21.7. The van der Waals surface area contributed by atoms with Gasteiger partial charge in [-0.1, -0.05) is 36.4 Å². The van der Waals surface area contributed by atoms with Crippen molar-refractivity contribution in [1.29, 1.82) is 0 Å². The average Bonchev–Trinajstić information content (AvgIpc) is 3.53. The van der Waals surface area contributed by atoms with Crippen LogP contribution in [0.5, 0.6) is 17.2 Å². The van der Waals surface area contributed by atoms with Gasteiger partial charge in [0.15, 0.2) is 5.13 Å². The number of aromatic nitrogens is 1. The van der Waals surface area contributed by atoms with Crippen molar-refractivity contribution >= 4 is 16.5 Å². The molecule has 0 N–H and O–H groups in total. The fraction of sp³-hybridized carbons (Fsp3) is 0.382. The lowest BCUT2D eigenvalue weighted by molar-refractivity contribution is 0.00659. The summed E-state index contributed by atoms with van der Waals surface area (Å²) in [6.45, 7) is 5.32. The molecule has 0 atom stereocenters. The van der Waals surface area contributed by atoms with Gasteiger partial charge < -0.3 is 38.1 Å². The minimum absolute atomic E-state index is 0.419. The van der Waals surface area contributed by atoms with Gasteiger partial charge in [-0.15, -0.1) is 11.3 Å². The number of methoxy groups -OCH3 is 3. The molecule has 4 aromatic rings. The first kappa shape index (κ1) is 33.2. The molecule has 9 nitrogen and oxygen atoms in total. The van der Waals surface area contributed by atoms with E-state index in [1.807, 2.05) is 53.9 Å². The van der Waals surface area contributed by atoms with Crippen LogP contribution in [0, 0.1) is 0 Å². The zero-order valence-corrected chi connectivity index (χ0v) is 26.6. The topological polar surface area (TPSA) is 80.7 Å². The first-order valence-electron chi connectivity index (χ1n) is 14.6. The average molecular weight is 623 g/mol. The van der Waals surface area contributed by atoms with Crippen LogP contribution in [0.3, 0.4) is 0 Å². The Bertz CT molecular complexity index is 1380. The monoisotopic (exact) mass is 622 g/mol. The summed E-state index contributed by atoms with van der Waals surface area (Å²) in [5.41, 5.74) is 4.21. The number of hydrogen-bond acceptors (Lipinski definition) is 10. The molecule has 0 unspecified atom stereocenters. The van der Waals surface area contributed by atoms with Crippen LogP contribution in [-0.4, -0.2) is 66.0 Å². The Morgan fingerprint density at radius 2 is 1.18 bits per heavy atom. The Labute approximate surface area is 264 Å². The molecule has 0 saturated carbocycles. The molecular formula is C34H42N2O7S. The molecule has 1 aromatic heterocycles. The van der Waals surface area contributed by atoms with Crippen LogP contribution in [0.1, 0.15) is 22.4 Å². The van der Waals surface area contributed by atoms with Crippen molar-refractivity contribution in [2.24, 2.45) is 0 Å². The summed E-state index contributed by atoms with van der Waals surface area (Å²) in [5.74, 6) is 2.47. The van der Waals surface area contributed by atoms with E-state index in [-0.39, 0.29) is 0 Å². The summed E-state index contributed by atoms with van der Waals surface area (Å²) in [6.07, 6.45) is 0. The molecule has 1 heterocycles. The van der Waals surface area contributed by atoms with E-state index >= 15 is 0 Å². The van der Waals surface area contributed by atoms with Crippen LogP contribution >= 0.6 is 11.3 Å².